The first kappa shape index (κ1) is 21.3. The van der Waals surface area contributed by atoms with Gasteiger partial charge in [0.2, 0.25) is 0 Å². The Balaban J connectivity index is 2.50. The molecule has 1 unspecified atom stereocenters. The molecule has 0 amide bonds. The smallest absolute Gasteiger partial charge is 0.191 e. The van der Waals surface area contributed by atoms with Crippen LogP contribution in [-0.2, 0) is 6.54 Å². The molecule has 25 heavy (non-hydrogen) atoms. The number of hydrogen-bond acceptors (Lipinski definition) is 3. The third-order valence-corrected chi connectivity index (χ3v) is 4.25. The lowest BCUT2D eigenvalue weighted by Crippen LogP contribution is -2.41. The maximum absolute atomic E-state index is 5.82. The molecule has 0 bridgehead atoms. The Labute approximate surface area is 153 Å². The van der Waals surface area contributed by atoms with Crippen LogP contribution in [0.15, 0.2) is 29.3 Å². The average molecular weight is 349 g/mol. The Morgan fingerprint density at radius 2 is 1.80 bits per heavy atom. The maximum atomic E-state index is 5.82. The van der Waals surface area contributed by atoms with Gasteiger partial charge in [-0.2, -0.15) is 0 Å². The van der Waals surface area contributed by atoms with Crippen molar-refractivity contribution in [2.24, 2.45) is 4.99 Å². The second-order valence-electron chi connectivity index (χ2n) is 6.17. The van der Waals surface area contributed by atoms with E-state index in [0.717, 1.165) is 50.9 Å². The third-order valence-electron chi connectivity index (χ3n) is 4.25. The number of nitrogens with one attached hydrogen (secondary N) is 2. The van der Waals surface area contributed by atoms with Crippen LogP contribution in [0.4, 0.5) is 0 Å². The summed E-state index contributed by atoms with van der Waals surface area (Å²) in [5, 5.41) is 6.70. The summed E-state index contributed by atoms with van der Waals surface area (Å²) >= 11 is 0. The lowest BCUT2D eigenvalue weighted by Gasteiger charge is -2.18. The van der Waals surface area contributed by atoms with E-state index in [0.29, 0.717) is 12.6 Å². The zero-order valence-electron chi connectivity index (χ0n) is 16.6. The molecule has 0 aliphatic carbocycles. The quantitative estimate of drug-likeness (QED) is 0.476. The molecule has 1 aromatic carbocycles. The van der Waals surface area contributed by atoms with Gasteiger partial charge in [0.15, 0.2) is 5.96 Å². The Kier molecular flexibility index (Phi) is 10.7. The van der Waals surface area contributed by atoms with Gasteiger partial charge in [0.1, 0.15) is 12.4 Å². The van der Waals surface area contributed by atoms with Crippen LogP contribution in [0.3, 0.4) is 0 Å². The molecular formula is C20H36N4O. The Hall–Kier alpha value is -1.75. The summed E-state index contributed by atoms with van der Waals surface area (Å²) in [6.07, 6.45) is 1.07. The SMILES string of the molecule is CCNC(=NCc1ccc(OCCN(CC)CC)cc1)NC(C)CC. The summed E-state index contributed by atoms with van der Waals surface area (Å²) in [4.78, 5) is 7.01. The molecule has 0 saturated carbocycles. The molecule has 1 atom stereocenters. The van der Waals surface area contributed by atoms with E-state index in [2.05, 4.69) is 67.3 Å². The largest absolute Gasteiger partial charge is 0.492 e. The van der Waals surface area contributed by atoms with Crippen LogP contribution in [0.1, 0.15) is 46.6 Å². The molecule has 0 saturated heterocycles. The first-order valence-electron chi connectivity index (χ1n) is 9.61. The number of ether oxygens (including phenoxy) is 1. The van der Waals surface area contributed by atoms with Crippen LogP contribution >= 0.6 is 0 Å². The molecular weight excluding hydrogens is 312 g/mol. The Bertz CT molecular complexity index is 483. The van der Waals surface area contributed by atoms with Crippen molar-refractivity contribution < 1.29 is 4.74 Å². The second kappa shape index (κ2) is 12.6. The summed E-state index contributed by atoms with van der Waals surface area (Å²) in [5.74, 6) is 1.79. The van der Waals surface area contributed by atoms with Gasteiger partial charge in [0, 0.05) is 19.1 Å². The van der Waals surface area contributed by atoms with E-state index in [1.54, 1.807) is 0 Å². The van der Waals surface area contributed by atoms with Crippen molar-refractivity contribution in [3.63, 3.8) is 0 Å². The van der Waals surface area contributed by atoms with Crippen LogP contribution < -0.4 is 15.4 Å². The summed E-state index contributed by atoms with van der Waals surface area (Å²) < 4.78 is 5.82. The van der Waals surface area contributed by atoms with Crippen LogP contribution in [0.2, 0.25) is 0 Å². The van der Waals surface area contributed by atoms with Gasteiger partial charge in [0.05, 0.1) is 6.54 Å². The molecule has 0 radical (unpaired) electrons. The van der Waals surface area contributed by atoms with E-state index in [9.17, 15) is 0 Å². The van der Waals surface area contributed by atoms with Crippen molar-refractivity contribution in [1.82, 2.24) is 15.5 Å². The van der Waals surface area contributed by atoms with Crippen molar-refractivity contribution in [2.45, 2.75) is 53.6 Å². The van der Waals surface area contributed by atoms with E-state index >= 15 is 0 Å². The number of nitrogens with zero attached hydrogens (tertiary/aromatic N) is 2. The fourth-order valence-corrected chi connectivity index (χ4v) is 2.35. The Morgan fingerprint density at radius 1 is 1.12 bits per heavy atom. The molecule has 0 aliphatic heterocycles. The summed E-state index contributed by atoms with van der Waals surface area (Å²) in [6, 6.07) is 8.65. The van der Waals surface area contributed by atoms with Crippen LogP contribution in [0, 0.1) is 0 Å². The molecule has 0 fully saturated rings. The number of hydrogen-bond donors (Lipinski definition) is 2. The molecule has 1 rings (SSSR count). The average Bonchev–Trinajstić information content (AvgIpc) is 2.64. The number of aliphatic imine (C=N–C) groups is 1. The van der Waals surface area contributed by atoms with Gasteiger partial charge in [-0.25, -0.2) is 4.99 Å². The van der Waals surface area contributed by atoms with Crippen molar-refractivity contribution >= 4 is 5.96 Å². The van der Waals surface area contributed by atoms with Gasteiger partial charge in [-0.1, -0.05) is 32.9 Å². The molecule has 0 heterocycles. The highest BCUT2D eigenvalue weighted by atomic mass is 16.5. The standard InChI is InChI=1S/C20H36N4O/c1-6-17(5)23-20(21-7-2)22-16-18-10-12-19(13-11-18)25-15-14-24(8-3)9-4/h10-13,17H,6-9,14-16H2,1-5H3,(H2,21,22,23). The lowest BCUT2D eigenvalue weighted by atomic mass is 10.2. The van der Waals surface area contributed by atoms with Crippen LogP contribution in [0.25, 0.3) is 0 Å². The first-order valence-corrected chi connectivity index (χ1v) is 9.61. The van der Waals surface area contributed by atoms with Gasteiger partial charge >= 0.3 is 0 Å². The molecule has 1 aromatic rings. The maximum Gasteiger partial charge on any atom is 0.191 e. The van der Waals surface area contributed by atoms with Crippen molar-refractivity contribution in [3.8, 4) is 5.75 Å². The summed E-state index contributed by atoms with van der Waals surface area (Å²) in [5.41, 5.74) is 1.18. The number of likely N-dealkylation sites (N-methyl/N-ethyl adjacent to an activating group) is 1. The molecule has 0 aliphatic rings. The molecule has 5 heteroatoms. The minimum Gasteiger partial charge on any atom is -0.492 e. The van der Waals surface area contributed by atoms with Crippen molar-refractivity contribution in [1.29, 1.82) is 0 Å². The van der Waals surface area contributed by atoms with E-state index in [4.69, 9.17) is 4.74 Å². The topological polar surface area (TPSA) is 48.9 Å². The normalized spacial score (nSPS) is 13.0. The van der Waals surface area contributed by atoms with E-state index < -0.39 is 0 Å². The van der Waals surface area contributed by atoms with Crippen LogP contribution in [-0.4, -0.2) is 49.7 Å². The third kappa shape index (κ3) is 8.77. The summed E-state index contributed by atoms with van der Waals surface area (Å²) in [6.45, 7) is 16.1. The molecule has 5 nitrogen and oxygen atoms in total. The molecule has 2 N–H and O–H groups in total. The van der Waals surface area contributed by atoms with E-state index in [-0.39, 0.29) is 0 Å². The molecule has 142 valence electrons. The zero-order chi connectivity index (χ0) is 18.5. The lowest BCUT2D eigenvalue weighted by molar-refractivity contribution is 0.223. The summed E-state index contributed by atoms with van der Waals surface area (Å²) in [7, 11) is 0. The van der Waals surface area contributed by atoms with Gasteiger partial charge in [-0.05, 0) is 51.1 Å². The number of rotatable bonds is 11. The second-order valence-corrected chi connectivity index (χ2v) is 6.17. The highest BCUT2D eigenvalue weighted by Gasteiger charge is 2.03. The Morgan fingerprint density at radius 3 is 2.36 bits per heavy atom. The predicted octanol–water partition coefficient (Wildman–Crippen LogP) is 3.26. The fourth-order valence-electron chi connectivity index (χ4n) is 2.35. The van der Waals surface area contributed by atoms with E-state index in [1.807, 2.05) is 12.1 Å². The number of guanidine groups is 1. The minimum atomic E-state index is 0.416. The fraction of sp³-hybridized carbons (Fsp3) is 0.650. The predicted molar refractivity (Wildman–Crippen MR) is 107 cm³/mol. The van der Waals surface area contributed by atoms with Crippen molar-refractivity contribution in [3.05, 3.63) is 29.8 Å². The minimum absolute atomic E-state index is 0.416. The van der Waals surface area contributed by atoms with Gasteiger partial charge in [-0.15, -0.1) is 0 Å². The van der Waals surface area contributed by atoms with Crippen LogP contribution in [0.5, 0.6) is 5.75 Å². The number of benzene rings is 1. The van der Waals surface area contributed by atoms with Crippen molar-refractivity contribution in [2.75, 3.05) is 32.8 Å². The molecule has 0 spiro atoms. The zero-order valence-corrected chi connectivity index (χ0v) is 16.6. The van der Waals surface area contributed by atoms with E-state index in [1.165, 1.54) is 5.56 Å². The highest BCUT2D eigenvalue weighted by Crippen LogP contribution is 2.13. The molecule has 0 aromatic heterocycles. The van der Waals surface area contributed by atoms with Gasteiger partial charge in [-0.3, -0.25) is 0 Å². The van der Waals surface area contributed by atoms with Gasteiger partial charge in [0.25, 0.3) is 0 Å². The first-order chi connectivity index (χ1) is 12.1. The highest BCUT2D eigenvalue weighted by molar-refractivity contribution is 5.80. The monoisotopic (exact) mass is 348 g/mol. The van der Waals surface area contributed by atoms with Gasteiger partial charge < -0.3 is 20.3 Å².